The molecule has 0 aliphatic rings. The first kappa shape index (κ1) is 22.5. The first-order valence-corrected chi connectivity index (χ1v) is 10.9. The maximum Gasteiger partial charge on any atom is 0.647 e. The molecule has 3 rings (SSSR count). The fourth-order valence-corrected chi connectivity index (χ4v) is 3.49. The molecular formula is C23H28NO4P. The van der Waals surface area contributed by atoms with Gasteiger partial charge in [-0.1, -0.05) is 60.0 Å². The summed E-state index contributed by atoms with van der Waals surface area (Å²) in [6.07, 6.45) is 0. The van der Waals surface area contributed by atoms with Crippen molar-refractivity contribution in [3.63, 3.8) is 0 Å². The average Bonchev–Trinajstić information content (AvgIpc) is 2.68. The molecule has 0 aliphatic carbocycles. The number of nitrogens with two attached hydrogens (primary N) is 1. The van der Waals surface area contributed by atoms with Gasteiger partial charge in [0, 0.05) is 0 Å². The summed E-state index contributed by atoms with van der Waals surface area (Å²) in [5.74, 6) is 1.24. The zero-order valence-corrected chi connectivity index (χ0v) is 18.2. The summed E-state index contributed by atoms with van der Waals surface area (Å²) in [6, 6.07) is 21.6. The first-order chi connectivity index (χ1) is 13.8. The molecule has 0 fully saturated rings. The molecule has 0 spiro atoms. The van der Waals surface area contributed by atoms with Crippen LogP contribution in [0.5, 0.6) is 17.2 Å². The fraction of sp³-hybridized carbons (Fsp3) is 0.217. The van der Waals surface area contributed by atoms with E-state index in [0.29, 0.717) is 17.2 Å². The molecule has 0 aromatic heterocycles. The van der Waals surface area contributed by atoms with E-state index in [1.54, 1.807) is 36.4 Å². The van der Waals surface area contributed by atoms with E-state index in [4.69, 9.17) is 19.3 Å². The van der Waals surface area contributed by atoms with Crippen molar-refractivity contribution in [2.45, 2.75) is 27.7 Å². The molecule has 2 N–H and O–H groups in total. The van der Waals surface area contributed by atoms with E-state index in [2.05, 4.69) is 0 Å². The SMILES string of the molecule is CCN.Cc1ccc(OP(=O)(Oc2ccc(C)cc2)Oc2ccc(C)cc2)cc1. The average molecular weight is 413 g/mol. The molecule has 154 valence electrons. The molecule has 3 aromatic carbocycles. The molecule has 5 nitrogen and oxygen atoms in total. The van der Waals surface area contributed by atoms with Gasteiger partial charge in [-0.3, -0.25) is 0 Å². The molecule has 0 saturated carbocycles. The van der Waals surface area contributed by atoms with Crippen LogP contribution in [-0.2, 0) is 4.57 Å². The molecule has 0 heterocycles. The Labute approximate surface area is 173 Å². The summed E-state index contributed by atoms with van der Waals surface area (Å²) in [4.78, 5) is 0. The van der Waals surface area contributed by atoms with Gasteiger partial charge in [0.05, 0.1) is 0 Å². The number of hydrogen-bond acceptors (Lipinski definition) is 5. The van der Waals surface area contributed by atoms with Crippen molar-refractivity contribution in [1.29, 1.82) is 0 Å². The van der Waals surface area contributed by atoms with Crippen molar-refractivity contribution < 1.29 is 18.1 Å². The van der Waals surface area contributed by atoms with E-state index in [0.717, 1.165) is 23.2 Å². The Bertz CT molecular complexity index is 800. The van der Waals surface area contributed by atoms with Gasteiger partial charge in [0.25, 0.3) is 0 Å². The van der Waals surface area contributed by atoms with Gasteiger partial charge in [0.2, 0.25) is 0 Å². The third kappa shape index (κ3) is 7.65. The van der Waals surface area contributed by atoms with E-state index in [9.17, 15) is 4.57 Å². The summed E-state index contributed by atoms with van der Waals surface area (Å²) in [7, 11) is -3.93. The first-order valence-electron chi connectivity index (χ1n) is 9.42. The summed E-state index contributed by atoms with van der Waals surface area (Å²) in [5.41, 5.74) is 8.07. The number of hydrogen-bond donors (Lipinski definition) is 1. The third-order valence-electron chi connectivity index (χ3n) is 3.71. The molecule has 0 aliphatic heterocycles. The minimum Gasteiger partial charge on any atom is -0.386 e. The molecule has 29 heavy (non-hydrogen) atoms. The van der Waals surface area contributed by atoms with Crippen molar-refractivity contribution in [3.8, 4) is 17.2 Å². The zero-order valence-electron chi connectivity index (χ0n) is 17.3. The second kappa shape index (κ2) is 10.7. The zero-order chi connectivity index (χ0) is 21.3. The van der Waals surface area contributed by atoms with Gasteiger partial charge in [-0.05, 0) is 63.7 Å². The van der Waals surface area contributed by atoms with Crippen molar-refractivity contribution in [2.75, 3.05) is 6.54 Å². The van der Waals surface area contributed by atoms with Crippen LogP contribution in [0, 0.1) is 20.8 Å². The largest absolute Gasteiger partial charge is 0.647 e. The van der Waals surface area contributed by atoms with Crippen LogP contribution < -0.4 is 19.3 Å². The molecule has 0 atom stereocenters. The summed E-state index contributed by atoms with van der Waals surface area (Å²) >= 11 is 0. The van der Waals surface area contributed by atoms with Gasteiger partial charge in [0.15, 0.2) is 0 Å². The van der Waals surface area contributed by atoms with Gasteiger partial charge in [-0.15, -0.1) is 0 Å². The second-order valence-electron chi connectivity index (χ2n) is 6.57. The maximum atomic E-state index is 13.3. The van der Waals surface area contributed by atoms with E-state index in [-0.39, 0.29) is 0 Å². The van der Waals surface area contributed by atoms with Crippen molar-refractivity contribution in [1.82, 2.24) is 0 Å². The molecule has 0 unspecified atom stereocenters. The predicted octanol–water partition coefficient (Wildman–Crippen LogP) is 6.22. The molecular weight excluding hydrogens is 385 g/mol. The Balaban J connectivity index is 0.000000941. The van der Waals surface area contributed by atoms with Gasteiger partial charge in [-0.25, -0.2) is 0 Å². The van der Waals surface area contributed by atoms with E-state index in [1.807, 2.05) is 64.1 Å². The minimum atomic E-state index is -3.93. The molecule has 0 saturated heterocycles. The van der Waals surface area contributed by atoms with Crippen LogP contribution in [-0.4, -0.2) is 6.54 Å². The molecule has 6 heteroatoms. The highest BCUT2D eigenvalue weighted by molar-refractivity contribution is 7.49. The molecule has 0 radical (unpaired) electrons. The van der Waals surface area contributed by atoms with Crippen LogP contribution in [0.3, 0.4) is 0 Å². The summed E-state index contributed by atoms with van der Waals surface area (Å²) in [5, 5.41) is 0. The van der Waals surface area contributed by atoms with Gasteiger partial charge in [-0.2, -0.15) is 4.57 Å². The molecule has 0 amide bonds. The quantitative estimate of drug-likeness (QED) is 0.486. The third-order valence-corrected chi connectivity index (χ3v) is 5.02. The Hall–Kier alpha value is -2.75. The van der Waals surface area contributed by atoms with Gasteiger partial charge < -0.3 is 19.3 Å². The lowest BCUT2D eigenvalue weighted by Gasteiger charge is -2.19. The maximum absolute atomic E-state index is 13.3. The Morgan fingerprint density at radius 2 is 0.828 bits per heavy atom. The summed E-state index contributed by atoms with van der Waals surface area (Å²) < 4.78 is 30.2. The monoisotopic (exact) mass is 413 g/mol. The Morgan fingerprint density at radius 1 is 0.621 bits per heavy atom. The predicted molar refractivity (Wildman–Crippen MR) is 118 cm³/mol. The number of benzene rings is 3. The van der Waals surface area contributed by atoms with Crippen LogP contribution in [0.4, 0.5) is 0 Å². The van der Waals surface area contributed by atoms with Gasteiger partial charge in [0.1, 0.15) is 17.2 Å². The molecule has 3 aromatic rings. The Kier molecular flexibility index (Phi) is 8.32. The second-order valence-corrected chi connectivity index (χ2v) is 8.01. The lowest BCUT2D eigenvalue weighted by atomic mass is 10.2. The van der Waals surface area contributed by atoms with Crippen LogP contribution in [0.15, 0.2) is 72.8 Å². The normalized spacial score (nSPS) is 10.5. The lowest BCUT2D eigenvalue weighted by Crippen LogP contribution is -2.07. The van der Waals surface area contributed by atoms with Crippen LogP contribution in [0.25, 0.3) is 0 Å². The van der Waals surface area contributed by atoms with Crippen LogP contribution in [0.2, 0.25) is 0 Å². The van der Waals surface area contributed by atoms with Gasteiger partial charge >= 0.3 is 7.82 Å². The lowest BCUT2D eigenvalue weighted by molar-refractivity contribution is 0.298. The van der Waals surface area contributed by atoms with Crippen LogP contribution >= 0.6 is 7.82 Å². The Morgan fingerprint density at radius 3 is 1.03 bits per heavy atom. The smallest absolute Gasteiger partial charge is 0.386 e. The topological polar surface area (TPSA) is 70.8 Å². The van der Waals surface area contributed by atoms with E-state index >= 15 is 0 Å². The standard InChI is InChI=1S/C21H21O4P.C2H7N/c1-16-4-10-19(11-5-16)23-26(22,24-20-12-6-17(2)7-13-20)25-21-14-8-18(3)9-15-21;1-2-3/h4-15H,1-3H3;2-3H2,1H3. The van der Waals surface area contributed by atoms with Crippen LogP contribution in [0.1, 0.15) is 23.6 Å². The van der Waals surface area contributed by atoms with E-state index in [1.165, 1.54) is 0 Å². The number of phosphoric acid groups is 1. The van der Waals surface area contributed by atoms with Crippen molar-refractivity contribution in [2.24, 2.45) is 5.73 Å². The minimum absolute atomic E-state index is 0.415. The highest BCUT2D eigenvalue weighted by Gasteiger charge is 2.33. The van der Waals surface area contributed by atoms with Crippen molar-refractivity contribution >= 4 is 7.82 Å². The highest BCUT2D eigenvalue weighted by Crippen LogP contribution is 2.49. The summed E-state index contributed by atoms with van der Waals surface area (Å²) in [6.45, 7) is 8.55. The van der Waals surface area contributed by atoms with E-state index < -0.39 is 7.82 Å². The molecule has 0 bridgehead atoms. The van der Waals surface area contributed by atoms with Crippen molar-refractivity contribution in [3.05, 3.63) is 89.5 Å². The number of phosphoric ester groups is 1. The number of aryl methyl sites for hydroxylation is 3. The fourth-order valence-electron chi connectivity index (χ4n) is 2.24. The highest BCUT2D eigenvalue weighted by atomic mass is 31.2. The number of rotatable bonds is 6.